The van der Waals surface area contributed by atoms with Crippen LogP contribution in [-0.2, 0) is 26.2 Å². The van der Waals surface area contributed by atoms with E-state index in [9.17, 15) is 14.7 Å². The number of halogens is 1. The summed E-state index contributed by atoms with van der Waals surface area (Å²) >= 11 is 7.91. The second-order valence-corrected chi connectivity index (χ2v) is 18.7. The molecule has 6 unspecified atom stereocenters. The minimum absolute atomic E-state index is 0.116. The van der Waals surface area contributed by atoms with E-state index in [2.05, 4.69) is 4.98 Å². The molecule has 1 N–H and O–H groups in total. The second-order valence-electron chi connectivity index (χ2n) is 17.2. The third-order valence-corrected chi connectivity index (χ3v) is 15.5. The van der Waals surface area contributed by atoms with Gasteiger partial charge in [0, 0.05) is 52.0 Å². The largest absolute Gasteiger partial charge is 0.508 e. The van der Waals surface area contributed by atoms with Crippen molar-refractivity contribution in [2.24, 2.45) is 36.1 Å². The van der Waals surface area contributed by atoms with Crippen LogP contribution in [0.25, 0.3) is 43.2 Å². The summed E-state index contributed by atoms with van der Waals surface area (Å²) in [6.07, 6.45) is 2.33. The average molecular weight is 894 g/mol. The zero-order valence-electron chi connectivity index (χ0n) is 35.3. The van der Waals surface area contributed by atoms with Gasteiger partial charge < -0.3 is 19.0 Å². The van der Waals surface area contributed by atoms with Crippen LogP contribution in [-0.4, -0.2) is 57.7 Å². The number of para-hydroxylation sites is 2. The third kappa shape index (κ3) is 5.61. The molecule has 4 aliphatic rings. The van der Waals surface area contributed by atoms with Crippen LogP contribution in [0.4, 0.5) is 11.5 Å². The number of methoxy groups -OCH3 is 2. The molecule has 3 aromatic heterocycles. The molecule has 2 saturated heterocycles. The lowest BCUT2D eigenvalue weighted by atomic mass is 9.51. The molecule has 0 spiro atoms. The van der Waals surface area contributed by atoms with Crippen molar-refractivity contribution in [2.45, 2.75) is 32.6 Å². The summed E-state index contributed by atoms with van der Waals surface area (Å²) in [7, 11) is 4.63. The van der Waals surface area contributed by atoms with Crippen LogP contribution in [0, 0.1) is 36.0 Å². The van der Waals surface area contributed by atoms with Gasteiger partial charge in [-0.15, -0.1) is 11.3 Å². The highest BCUT2D eigenvalue weighted by molar-refractivity contribution is 7.22. The number of phenolic OH excluding ortho intramolecular Hbond substituents is 1. The number of oxazole rings is 1. The Morgan fingerprint density at radius 3 is 2.34 bits per heavy atom. The van der Waals surface area contributed by atoms with E-state index in [1.54, 1.807) is 60.3 Å². The van der Waals surface area contributed by atoms with Crippen molar-refractivity contribution < 1.29 is 38.2 Å². The molecule has 6 atom stereocenters. The van der Waals surface area contributed by atoms with Gasteiger partial charge in [0.1, 0.15) is 34.3 Å². The molecule has 64 heavy (non-hydrogen) atoms. The van der Waals surface area contributed by atoms with Gasteiger partial charge in [-0.3, -0.25) is 28.8 Å². The Hall–Kier alpha value is -6.77. The van der Waals surface area contributed by atoms with Crippen LogP contribution in [0.15, 0.2) is 101 Å². The minimum atomic E-state index is -1.43. The lowest BCUT2D eigenvalue weighted by molar-refractivity contribution is -0.131. The molecule has 3 fully saturated rings. The highest BCUT2D eigenvalue weighted by atomic mass is 35.5. The number of aromatic nitrogens is 3. The molecular weight excluding hydrogens is 854 g/mol. The van der Waals surface area contributed by atoms with E-state index in [1.807, 2.05) is 55.5 Å². The fourth-order valence-electron chi connectivity index (χ4n) is 11.0. The Morgan fingerprint density at radius 2 is 1.62 bits per heavy atom. The summed E-state index contributed by atoms with van der Waals surface area (Å²) in [6, 6.07) is 24.8. The molecule has 322 valence electrons. The van der Waals surface area contributed by atoms with Crippen LogP contribution < -0.4 is 19.3 Å². The van der Waals surface area contributed by atoms with Crippen molar-refractivity contribution in [3.63, 3.8) is 0 Å². The highest BCUT2D eigenvalue weighted by Gasteiger charge is 2.68. The molecule has 2 aliphatic heterocycles. The fourth-order valence-corrected chi connectivity index (χ4v) is 12.3. The van der Waals surface area contributed by atoms with Gasteiger partial charge in [0.25, 0.3) is 0 Å². The van der Waals surface area contributed by atoms with Gasteiger partial charge in [0.05, 0.1) is 48.0 Å². The standard InChI is InChI=1S/C49H40ClN5O8S/c1-23-30-18-25(50)12-17-38(30)64-43(23)34-22-39(53(3)52-34)55-46(58)32-21-31-28(42(49(32,2)48(55)60)41-36(61-4)19-27(56)20-37(41)62-5)15-16-29-40(31)47(59)54(45(29)57)26-13-10-24(11-14-26)44-51-33-8-6-7-9-35(33)63-44/h6-15,17-20,22,29,31-32,40,42,56H,16,21H2,1-5H3. The fraction of sp³-hybridized carbons (Fsp3) is 0.265. The number of hydrogen-bond acceptors (Lipinski definition) is 11. The number of fused-ring (bicyclic) bond motifs is 6. The number of carbonyl (C=O) groups is 4. The number of thiophene rings is 1. The molecule has 1 saturated carbocycles. The monoisotopic (exact) mass is 893 g/mol. The maximum Gasteiger partial charge on any atom is 0.242 e. The zero-order chi connectivity index (χ0) is 44.5. The molecule has 0 radical (unpaired) electrons. The van der Waals surface area contributed by atoms with Gasteiger partial charge in [-0.1, -0.05) is 35.4 Å². The molecule has 4 aromatic carbocycles. The zero-order valence-corrected chi connectivity index (χ0v) is 36.9. The Labute approximate surface area is 375 Å². The number of ether oxygens (including phenoxy) is 2. The number of aryl methyl sites for hydroxylation is 2. The molecule has 7 aromatic rings. The number of allylic oxidation sites excluding steroid dienone is 2. The molecule has 13 nitrogen and oxygen atoms in total. The van der Waals surface area contributed by atoms with Gasteiger partial charge in [0.2, 0.25) is 29.5 Å². The number of amides is 4. The Bertz CT molecular complexity index is 3150. The number of anilines is 2. The smallest absolute Gasteiger partial charge is 0.242 e. The number of hydrogen-bond donors (Lipinski definition) is 1. The first-order chi connectivity index (χ1) is 30.8. The minimum Gasteiger partial charge on any atom is -0.508 e. The van der Waals surface area contributed by atoms with Crippen molar-refractivity contribution in [3.8, 4) is 39.3 Å². The summed E-state index contributed by atoms with van der Waals surface area (Å²) < 4.78 is 20.3. The van der Waals surface area contributed by atoms with Crippen molar-refractivity contribution in [2.75, 3.05) is 24.0 Å². The number of imide groups is 2. The van der Waals surface area contributed by atoms with Crippen LogP contribution in [0.5, 0.6) is 17.2 Å². The molecule has 0 bridgehead atoms. The van der Waals surface area contributed by atoms with Crippen LogP contribution in [0.1, 0.15) is 36.8 Å². The van der Waals surface area contributed by atoms with E-state index >= 15 is 9.59 Å². The van der Waals surface area contributed by atoms with Crippen LogP contribution >= 0.6 is 22.9 Å². The Morgan fingerprint density at radius 1 is 0.891 bits per heavy atom. The first-order valence-corrected chi connectivity index (χ1v) is 22.1. The first kappa shape index (κ1) is 40.0. The third-order valence-electron chi connectivity index (χ3n) is 14.0. The van der Waals surface area contributed by atoms with Crippen LogP contribution in [0.2, 0.25) is 5.02 Å². The topological polar surface area (TPSA) is 157 Å². The quantitative estimate of drug-likeness (QED) is 0.121. The summed E-state index contributed by atoms with van der Waals surface area (Å²) in [6.45, 7) is 3.79. The van der Waals surface area contributed by atoms with Crippen molar-refractivity contribution in [1.82, 2.24) is 14.8 Å². The van der Waals surface area contributed by atoms with Gasteiger partial charge in [0.15, 0.2) is 5.58 Å². The summed E-state index contributed by atoms with van der Waals surface area (Å²) in [5.41, 5.74) is 3.81. The molecule has 5 heterocycles. The lowest BCUT2D eigenvalue weighted by Crippen LogP contribution is -2.49. The molecule has 11 rings (SSSR count). The van der Waals surface area contributed by atoms with E-state index < -0.39 is 46.8 Å². The number of phenols is 1. The van der Waals surface area contributed by atoms with Gasteiger partial charge in [-0.2, -0.15) is 5.10 Å². The summed E-state index contributed by atoms with van der Waals surface area (Å²) in [5.74, 6) is -4.43. The molecule has 15 heteroatoms. The lowest BCUT2D eigenvalue weighted by Gasteiger charge is -2.49. The summed E-state index contributed by atoms with van der Waals surface area (Å²) in [4.78, 5) is 67.9. The Balaban J connectivity index is 0.998. The molecule has 4 amide bonds. The highest BCUT2D eigenvalue weighted by Crippen LogP contribution is 2.66. The van der Waals surface area contributed by atoms with E-state index in [4.69, 9.17) is 30.6 Å². The van der Waals surface area contributed by atoms with E-state index in [0.717, 1.165) is 26.1 Å². The predicted molar refractivity (Wildman–Crippen MR) is 242 cm³/mol. The normalized spacial score (nSPS) is 24.1. The van der Waals surface area contributed by atoms with Crippen molar-refractivity contribution in [3.05, 3.63) is 113 Å². The second kappa shape index (κ2) is 14.4. The van der Waals surface area contributed by atoms with Gasteiger partial charge in [-0.25, -0.2) is 9.88 Å². The van der Waals surface area contributed by atoms with E-state index in [-0.39, 0.29) is 41.9 Å². The number of rotatable bonds is 7. The van der Waals surface area contributed by atoms with E-state index in [0.29, 0.717) is 50.3 Å². The number of benzene rings is 4. The van der Waals surface area contributed by atoms with Crippen molar-refractivity contribution in [1.29, 1.82) is 0 Å². The number of aromatic hydroxyl groups is 1. The predicted octanol–water partition coefficient (Wildman–Crippen LogP) is 9.23. The van der Waals surface area contributed by atoms with Crippen molar-refractivity contribution >= 4 is 79.3 Å². The molecular formula is C49H40ClN5O8S. The van der Waals surface area contributed by atoms with Crippen LogP contribution in [0.3, 0.4) is 0 Å². The first-order valence-electron chi connectivity index (χ1n) is 20.9. The Kier molecular flexibility index (Phi) is 8.99. The maximum absolute atomic E-state index is 15.5. The number of carbonyl (C=O) groups excluding carboxylic acids is 4. The SMILES string of the molecule is COc1cc(O)cc(OC)c1C1C2=CCC3C(=O)N(c4ccc(-c5nc6ccccc6o5)cc4)C(=O)C3C2CC2C(=O)N(c3cc(-c4sc5ccc(Cl)cc5c4C)nn3C)C(=O)C21C. The van der Waals surface area contributed by atoms with E-state index in [1.165, 1.54) is 36.2 Å². The van der Waals surface area contributed by atoms with Gasteiger partial charge in [-0.05, 0) is 98.2 Å². The maximum atomic E-state index is 15.5. The average Bonchev–Trinajstić information content (AvgIpc) is 4.08. The summed E-state index contributed by atoms with van der Waals surface area (Å²) in [5, 5.41) is 17.2. The molecule has 2 aliphatic carbocycles. The van der Waals surface area contributed by atoms with Gasteiger partial charge >= 0.3 is 0 Å². The number of nitrogens with zero attached hydrogens (tertiary/aromatic N) is 5.